The first kappa shape index (κ1) is 16.0. The molecule has 2 aromatic carbocycles. The minimum Gasteiger partial charge on any atom is -0.496 e. The number of hydrogen-bond acceptors (Lipinski definition) is 3. The van der Waals surface area contributed by atoms with Crippen molar-refractivity contribution in [1.29, 1.82) is 0 Å². The van der Waals surface area contributed by atoms with Crippen LogP contribution < -0.4 is 14.8 Å². The van der Waals surface area contributed by atoms with Gasteiger partial charge in [-0.3, -0.25) is 0 Å². The van der Waals surface area contributed by atoms with Crippen LogP contribution in [0.2, 0.25) is 0 Å². The van der Waals surface area contributed by atoms with E-state index in [-0.39, 0.29) is 6.04 Å². The van der Waals surface area contributed by atoms with Gasteiger partial charge in [0.2, 0.25) is 0 Å². The Hall–Kier alpha value is -2.46. The van der Waals surface area contributed by atoms with Crippen LogP contribution in [0, 0.1) is 13.8 Å². The van der Waals surface area contributed by atoms with Gasteiger partial charge >= 0.3 is 0 Å². The average Bonchev–Trinajstić information content (AvgIpc) is 2.99. The second kappa shape index (κ2) is 6.12. The van der Waals surface area contributed by atoms with Crippen molar-refractivity contribution in [2.45, 2.75) is 26.3 Å². The summed E-state index contributed by atoms with van der Waals surface area (Å²) in [5.74, 6) is 1.77. The van der Waals surface area contributed by atoms with Gasteiger partial charge in [0.25, 0.3) is 0 Å². The van der Waals surface area contributed by atoms with E-state index < -0.39 is 0 Å². The zero-order valence-corrected chi connectivity index (χ0v) is 15.2. The molecule has 0 saturated heterocycles. The Morgan fingerprint density at radius 2 is 1.80 bits per heavy atom. The maximum absolute atomic E-state index is 5.68. The lowest BCUT2D eigenvalue weighted by Gasteiger charge is -2.27. The molecule has 0 aliphatic carbocycles. The van der Waals surface area contributed by atoms with Crippen LogP contribution >= 0.6 is 0 Å². The van der Waals surface area contributed by atoms with Gasteiger partial charge in [-0.2, -0.15) is 0 Å². The highest BCUT2D eigenvalue weighted by Crippen LogP contribution is 2.39. The number of methoxy groups -OCH3 is 2. The van der Waals surface area contributed by atoms with Crippen molar-refractivity contribution in [1.82, 2.24) is 10.3 Å². The summed E-state index contributed by atoms with van der Waals surface area (Å²) in [4.78, 5) is 3.64. The number of nitrogens with one attached hydrogen (secondary N) is 2. The van der Waals surface area contributed by atoms with Crippen molar-refractivity contribution >= 4 is 10.9 Å². The topological polar surface area (TPSA) is 46.3 Å². The Morgan fingerprint density at radius 1 is 1.00 bits per heavy atom. The first-order chi connectivity index (χ1) is 12.1. The highest BCUT2D eigenvalue weighted by molar-refractivity contribution is 5.86. The third-order valence-corrected chi connectivity index (χ3v) is 5.16. The molecule has 4 nitrogen and oxygen atoms in total. The van der Waals surface area contributed by atoms with Gasteiger partial charge in [-0.15, -0.1) is 0 Å². The van der Waals surface area contributed by atoms with E-state index in [4.69, 9.17) is 9.47 Å². The number of aromatic amines is 1. The summed E-state index contributed by atoms with van der Waals surface area (Å²) in [6.07, 6.45) is 1.03. The van der Waals surface area contributed by atoms with Crippen LogP contribution in [0.4, 0.5) is 0 Å². The molecule has 0 saturated carbocycles. The molecule has 1 aromatic heterocycles. The first-order valence-electron chi connectivity index (χ1n) is 8.69. The third-order valence-electron chi connectivity index (χ3n) is 5.16. The van der Waals surface area contributed by atoms with E-state index in [1.807, 2.05) is 6.92 Å². The van der Waals surface area contributed by atoms with Crippen LogP contribution in [0.3, 0.4) is 0 Å². The van der Waals surface area contributed by atoms with E-state index in [1.54, 1.807) is 14.2 Å². The van der Waals surface area contributed by atoms with E-state index in [9.17, 15) is 0 Å². The Balaban J connectivity index is 1.90. The molecule has 1 unspecified atom stereocenters. The quantitative estimate of drug-likeness (QED) is 0.759. The lowest BCUT2D eigenvalue weighted by atomic mass is 9.92. The Morgan fingerprint density at radius 3 is 2.56 bits per heavy atom. The van der Waals surface area contributed by atoms with Crippen molar-refractivity contribution in [3.05, 3.63) is 58.3 Å². The summed E-state index contributed by atoms with van der Waals surface area (Å²) < 4.78 is 11.2. The van der Waals surface area contributed by atoms with Gasteiger partial charge in [-0.05, 0) is 55.7 Å². The monoisotopic (exact) mass is 336 g/mol. The van der Waals surface area contributed by atoms with E-state index in [2.05, 4.69) is 47.6 Å². The summed E-state index contributed by atoms with van der Waals surface area (Å²) in [7, 11) is 3.44. The van der Waals surface area contributed by atoms with E-state index >= 15 is 0 Å². The smallest absolute Gasteiger partial charge is 0.124 e. The summed E-state index contributed by atoms with van der Waals surface area (Å²) in [5, 5.41) is 4.98. The summed E-state index contributed by atoms with van der Waals surface area (Å²) in [6.45, 7) is 5.12. The molecular formula is C21H24N2O2. The zero-order chi connectivity index (χ0) is 17.6. The van der Waals surface area contributed by atoms with E-state index in [0.717, 1.165) is 35.6 Å². The molecule has 1 atom stereocenters. The normalized spacial score (nSPS) is 16.7. The third kappa shape index (κ3) is 2.57. The molecule has 25 heavy (non-hydrogen) atoms. The molecule has 0 spiro atoms. The fourth-order valence-electron chi connectivity index (χ4n) is 3.91. The van der Waals surface area contributed by atoms with Crippen molar-refractivity contribution in [3.8, 4) is 11.5 Å². The van der Waals surface area contributed by atoms with E-state index in [1.165, 1.54) is 27.7 Å². The molecule has 3 aromatic rings. The number of benzene rings is 2. The van der Waals surface area contributed by atoms with Crippen LogP contribution in [-0.2, 0) is 6.42 Å². The zero-order valence-electron chi connectivity index (χ0n) is 15.2. The molecule has 0 amide bonds. The molecule has 1 aliphatic rings. The first-order valence-corrected chi connectivity index (χ1v) is 8.69. The number of aryl methyl sites for hydroxylation is 2. The van der Waals surface area contributed by atoms with E-state index in [0.29, 0.717) is 0 Å². The van der Waals surface area contributed by atoms with Crippen LogP contribution in [0.1, 0.15) is 34.0 Å². The number of aromatic nitrogens is 1. The van der Waals surface area contributed by atoms with Crippen molar-refractivity contribution < 1.29 is 9.47 Å². The molecule has 0 bridgehead atoms. The number of fused-ring (bicyclic) bond motifs is 3. The minimum atomic E-state index is 0.0703. The lowest BCUT2D eigenvalue weighted by Crippen LogP contribution is -2.30. The predicted octanol–water partition coefficient (Wildman–Crippen LogP) is 4.04. The number of hydrogen-bond donors (Lipinski definition) is 2. The Kier molecular flexibility index (Phi) is 3.92. The van der Waals surface area contributed by atoms with Crippen molar-refractivity contribution in [2.75, 3.05) is 20.8 Å². The fraction of sp³-hybridized carbons (Fsp3) is 0.333. The van der Waals surface area contributed by atoms with Gasteiger partial charge in [-0.1, -0.05) is 11.6 Å². The van der Waals surface area contributed by atoms with Crippen LogP contribution in [0.15, 0.2) is 30.3 Å². The molecule has 4 rings (SSSR count). The predicted molar refractivity (Wildman–Crippen MR) is 101 cm³/mol. The fourth-order valence-corrected chi connectivity index (χ4v) is 3.91. The molecule has 130 valence electrons. The summed E-state index contributed by atoms with van der Waals surface area (Å²) in [5.41, 5.74) is 7.31. The van der Waals surface area contributed by atoms with Crippen LogP contribution in [0.25, 0.3) is 10.9 Å². The maximum atomic E-state index is 5.68. The Bertz CT molecular complexity index is 943. The van der Waals surface area contributed by atoms with Crippen LogP contribution in [0.5, 0.6) is 11.5 Å². The van der Waals surface area contributed by atoms with Crippen LogP contribution in [-0.4, -0.2) is 25.7 Å². The molecule has 4 heteroatoms. The van der Waals surface area contributed by atoms with Gasteiger partial charge in [0.1, 0.15) is 11.5 Å². The summed E-state index contributed by atoms with van der Waals surface area (Å²) >= 11 is 0. The second-order valence-electron chi connectivity index (χ2n) is 6.77. The van der Waals surface area contributed by atoms with Gasteiger partial charge in [0, 0.05) is 28.7 Å². The van der Waals surface area contributed by atoms with Gasteiger partial charge in [0.15, 0.2) is 0 Å². The average molecular weight is 336 g/mol. The number of H-pyrrole nitrogens is 1. The molecule has 1 aliphatic heterocycles. The SMILES string of the molecule is COc1cc(C2NCCc3c2[nH]c2ccc(C)cc32)c(OC)cc1C. The van der Waals surface area contributed by atoms with Gasteiger partial charge in [-0.25, -0.2) is 0 Å². The van der Waals surface area contributed by atoms with Crippen molar-refractivity contribution in [3.63, 3.8) is 0 Å². The molecular weight excluding hydrogens is 312 g/mol. The standard InChI is InChI=1S/C21H24N2O2/c1-12-5-6-17-15(9-12)14-7-8-22-20(21(14)23-17)16-11-18(24-3)13(2)10-19(16)25-4/h5-6,9-11,20,22-23H,7-8H2,1-4H3. The lowest BCUT2D eigenvalue weighted by molar-refractivity contribution is 0.390. The highest BCUT2D eigenvalue weighted by atomic mass is 16.5. The second-order valence-corrected chi connectivity index (χ2v) is 6.77. The molecule has 0 fully saturated rings. The Labute approximate surface area is 148 Å². The largest absolute Gasteiger partial charge is 0.496 e. The summed E-state index contributed by atoms with van der Waals surface area (Å²) in [6, 6.07) is 10.8. The molecule has 2 heterocycles. The number of rotatable bonds is 3. The van der Waals surface area contributed by atoms with Gasteiger partial charge in [0.05, 0.1) is 20.3 Å². The molecule has 0 radical (unpaired) electrons. The molecule has 2 N–H and O–H groups in total. The van der Waals surface area contributed by atoms with Crippen molar-refractivity contribution in [2.24, 2.45) is 0 Å². The highest BCUT2D eigenvalue weighted by Gasteiger charge is 2.28. The van der Waals surface area contributed by atoms with Gasteiger partial charge < -0.3 is 19.8 Å². The minimum absolute atomic E-state index is 0.0703. The number of ether oxygens (including phenoxy) is 2. The maximum Gasteiger partial charge on any atom is 0.124 e.